The van der Waals surface area contributed by atoms with Crippen LogP contribution in [0.25, 0.3) is 0 Å². The highest BCUT2D eigenvalue weighted by Gasteiger charge is 2.49. The van der Waals surface area contributed by atoms with Crippen LogP contribution in [0.2, 0.25) is 0 Å². The van der Waals surface area contributed by atoms with Crippen LogP contribution in [-0.4, -0.2) is 62.0 Å². The van der Waals surface area contributed by atoms with Crippen molar-refractivity contribution >= 4 is 17.8 Å². The van der Waals surface area contributed by atoms with Crippen LogP contribution in [0.4, 0.5) is 4.79 Å². The lowest BCUT2D eigenvalue weighted by Gasteiger charge is -2.24. The summed E-state index contributed by atoms with van der Waals surface area (Å²) in [5.74, 6) is -0.0520. The first-order valence-corrected chi connectivity index (χ1v) is 8.26. The molecule has 1 aliphatic rings. The fraction of sp³-hybridized carbons (Fsp3) is 0.444. The molecular weight excluding hydrogens is 352 g/mol. The lowest BCUT2D eigenvalue weighted by atomic mass is 9.91. The minimum atomic E-state index is -1.33. The van der Waals surface area contributed by atoms with Crippen LogP contribution >= 0.6 is 0 Å². The van der Waals surface area contributed by atoms with Crippen molar-refractivity contribution in [2.24, 2.45) is 0 Å². The van der Waals surface area contributed by atoms with Gasteiger partial charge < -0.3 is 19.7 Å². The first kappa shape index (κ1) is 20.0. The zero-order chi connectivity index (χ0) is 20.2. The van der Waals surface area contributed by atoms with Crippen LogP contribution < -0.4 is 14.8 Å². The number of imide groups is 1. The summed E-state index contributed by atoms with van der Waals surface area (Å²) in [6, 6.07) is 6.20. The Labute approximate surface area is 157 Å². The van der Waals surface area contributed by atoms with Gasteiger partial charge in [-0.3, -0.25) is 14.5 Å². The van der Waals surface area contributed by atoms with E-state index >= 15 is 0 Å². The molecule has 4 amide bonds. The van der Waals surface area contributed by atoms with Gasteiger partial charge in [0, 0.05) is 13.6 Å². The van der Waals surface area contributed by atoms with E-state index in [2.05, 4.69) is 5.32 Å². The highest BCUT2D eigenvalue weighted by atomic mass is 16.5. The van der Waals surface area contributed by atoms with E-state index in [0.29, 0.717) is 17.1 Å². The molecule has 0 bridgehead atoms. The second-order valence-corrected chi connectivity index (χ2v) is 6.24. The van der Waals surface area contributed by atoms with Crippen molar-refractivity contribution < 1.29 is 23.9 Å². The van der Waals surface area contributed by atoms with Crippen LogP contribution in [0.5, 0.6) is 11.5 Å². The van der Waals surface area contributed by atoms with Crippen molar-refractivity contribution in [1.29, 1.82) is 5.26 Å². The molecule has 1 atom stereocenters. The number of benzene rings is 1. The summed E-state index contributed by atoms with van der Waals surface area (Å²) in [6.07, 6.45) is 0.172. The minimum absolute atomic E-state index is 0.172. The molecule has 1 heterocycles. The Hall–Kier alpha value is -3.28. The summed E-state index contributed by atoms with van der Waals surface area (Å²) < 4.78 is 10.4. The normalized spacial score (nSPS) is 18.7. The Balaban J connectivity index is 2.24. The average molecular weight is 374 g/mol. The standard InChI is InChI=1S/C18H22N4O5/c1-18(12-6-7-13(26-3)14(10-12)27-4)16(24)22(17(25)20-18)11-15(23)21(2)9-5-8-19/h6-7,10H,5,9,11H2,1-4H3,(H,20,25). The van der Waals surface area contributed by atoms with Crippen LogP contribution in [-0.2, 0) is 15.1 Å². The second kappa shape index (κ2) is 7.95. The Bertz CT molecular complexity index is 803. The van der Waals surface area contributed by atoms with E-state index in [0.717, 1.165) is 4.90 Å². The molecule has 9 heteroatoms. The summed E-state index contributed by atoms with van der Waals surface area (Å²) in [5, 5.41) is 11.2. The van der Waals surface area contributed by atoms with Gasteiger partial charge in [-0.1, -0.05) is 6.07 Å². The minimum Gasteiger partial charge on any atom is -0.493 e. The van der Waals surface area contributed by atoms with Crippen molar-refractivity contribution in [3.05, 3.63) is 23.8 Å². The Morgan fingerprint density at radius 3 is 2.56 bits per heavy atom. The number of nitrogens with zero attached hydrogens (tertiary/aromatic N) is 3. The number of ether oxygens (including phenoxy) is 2. The lowest BCUT2D eigenvalue weighted by Crippen LogP contribution is -2.43. The quantitative estimate of drug-likeness (QED) is 0.708. The van der Waals surface area contributed by atoms with Crippen molar-refractivity contribution in [2.75, 3.05) is 34.4 Å². The van der Waals surface area contributed by atoms with Gasteiger partial charge in [-0.25, -0.2) is 4.79 Å². The topological polar surface area (TPSA) is 112 Å². The van der Waals surface area contributed by atoms with Gasteiger partial charge in [-0.05, 0) is 24.6 Å². The molecule has 0 spiro atoms. The zero-order valence-corrected chi connectivity index (χ0v) is 15.7. The molecule has 1 N–H and O–H groups in total. The largest absolute Gasteiger partial charge is 0.493 e. The molecule has 0 saturated carbocycles. The third-order valence-corrected chi connectivity index (χ3v) is 4.51. The molecule has 0 radical (unpaired) electrons. The number of urea groups is 1. The van der Waals surface area contributed by atoms with Crippen LogP contribution in [0.3, 0.4) is 0 Å². The Morgan fingerprint density at radius 2 is 1.96 bits per heavy atom. The summed E-state index contributed by atoms with van der Waals surface area (Å²) >= 11 is 0. The number of rotatable bonds is 7. The first-order valence-electron chi connectivity index (χ1n) is 8.26. The number of hydrogen-bond acceptors (Lipinski definition) is 6. The fourth-order valence-electron chi connectivity index (χ4n) is 2.78. The van der Waals surface area contributed by atoms with Crippen molar-refractivity contribution in [1.82, 2.24) is 15.1 Å². The molecular formula is C18H22N4O5. The van der Waals surface area contributed by atoms with E-state index in [4.69, 9.17) is 14.7 Å². The molecule has 2 rings (SSSR count). The molecule has 144 valence electrons. The van der Waals surface area contributed by atoms with Crippen molar-refractivity contribution in [3.63, 3.8) is 0 Å². The van der Waals surface area contributed by atoms with Crippen LogP contribution in [0.15, 0.2) is 18.2 Å². The summed E-state index contributed by atoms with van der Waals surface area (Å²) in [6.45, 7) is 1.40. The maximum absolute atomic E-state index is 12.9. The number of hydrogen-bond donors (Lipinski definition) is 1. The molecule has 27 heavy (non-hydrogen) atoms. The van der Waals surface area contributed by atoms with Gasteiger partial charge in [-0.15, -0.1) is 0 Å². The third-order valence-electron chi connectivity index (χ3n) is 4.51. The van der Waals surface area contributed by atoms with Gasteiger partial charge in [0.05, 0.1) is 26.7 Å². The number of nitriles is 1. The second-order valence-electron chi connectivity index (χ2n) is 6.24. The Kier molecular flexibility index (Phi) is 5.90. The summed E-state index contributed by atoms with van der Waals surface area (Å²) in [4.78, 5) is 39.7. The van der Waals surface area contributed by atoms with Crippen LogP contribution in [0, 0.1) is 11.3 Å². The number of methoxy groups -OCH3 is 2. The fourth-order valence-corrected chi connectivity index (χ4v) is 2.78. The molecule has 1 saturated heterocycles. The summed E-state index contributed by atoms with van der Waals surface area (Å²) in [7, 11) is 4.49. The molecule has 0 aromatic heterocycles. The van der Waals surface area contributed by atoms with Gasteiger partial charge in [0.1, 0.15) is 12.1 Å². The monoisotopic (exact) mass is 374 g/mol. The molecule has 9 nitrogen and oxygen atoms in total. The van der Waals surface area contributed by atoms with Gasteiger partial charge in [0.15, 0.2) is 11.5 Å². The van der Waals surface area contributed by atoms with E-state index in [1.54, 1.807) is 25.1 Å². The number of amides is 4. The molecule has 1 aliphatic heterocycles. The molecule has 1 aromatic rings. The molecule has 1 unspecified atom stereocenters. The van der Waals surface area contributed by atoms with Crippen molar-refractivity contribution in [2.45, 2.75) is 18.9 Å². The highest BCUT2D eigenvalue weighted by molar-refractivity contribution is 6.09. The highest BCUT2D eigenvalue weighted by Crippen LogP contribution is 2.35. The van der Waals surface area contributed by atoms with E-state index in [1.807, 2.05) is 6.07 Å². The zero-order valence-electron chi connectivity index (χ0n) is 15.7. The first-order chi connectivity index (χ1) is 12.8. The molecule has 0 aliphatic carbocycles. The SMILES string of the molecule is COc1ccc(C2(C)NC(=O)N(CC(=O)N(C)CCC#N)C2=O)cc1OC. The van der Waals surface area contributed by atoms with E-state index in [9.17, 15) is 14.4 Å². The Morgan fingerprint density at radius 1 is 1.30 bits per heavy atom. The number of nitrogens with one attached hydrogen (secondary N) is 1. The van der Waals surface area contributed by atoms with Crippen molar-refractivity contribution in [3.8, 4) is 17.6 Å². The smallest absolute Gasteiger partial charge is 0.325 e. The average Bonchev–Trinajstić information content (AvgIpc) is 2.89. The molecule has 1 aromatic carbocycles. The predicted octanol–water partition coefficient (Wildman–Crippen LogP) is 0.843. The number of carbonyl (C=O) groups is 3. The van der Waals surface area contributed by atoms with E-state index < -0.39 is 29.9 Å². The third kappa shape index (κ3) is 3.79. The number of likely N-dealkylation sites (N-methyl/N-ethyl adjacent to an activating group) is 1. The maximum atomic E-state index is 12.9. The van der Waals surface area contributed by atoms with Gasteiger partial charge >= 0.3 is 6.03 Å². The van der Waals surface area contributed by atoms with E-state index in [1.165, 1.54) is 26.2 Å². The van der Waals surface area contributed by atoms with Gasteiger partial charge in [-0.2, -0.15) is 5.26 Å². The summed E-state index contributed by atoms with van der Waals surface area (Å²) in [5.41, 5.74) is -0.825. The van der Waals surface area contributed by atoms with Gasteiger partial charge in [0.2, 0.25) is 5.91 Å². The maximum Gasteiger partial charge on any atom is 0.325 e. The van der Waals surface area contributed by atoms with Crippen LogP contribution in [0.1, 0.15) is 18.9 Å². The molecule has 1 fully saturated rings. The number of carbonyl (C=O) groups excluding carboxylic acids is 3. The predicted molar refractivity (Wildman–Crippen MR) is 95.0 cm³/mol. The van der Waals surface area contributed by atoms with E-state index in [-0.39, 0.29) is 13.0 Å². The lowest BCUT2D eigenvalue weighted by molar-refractivity contribution is -0.138. The van der Waals surface area contributed by atoms with Gasteiger partial charge in [0.25, 0.3) is 5.91 Å².